The molecule has 2 N–H and O–H groups in total. The highest BCUT2D eigenvalue weighted by atomic mass is 35.5. The van der Waals surface area contributed by atoms with E-state index in [-0.39, 0.29) is 23.5 Å². The zero-order valence-electron chi connectivity index (χ0n) is 10.9. The van der Waals surface area contributed by atoms with Crippen molar-refractivity contribution < 1.29 is 8.42 Å². The number of hydrogen-bond acceptors (Lipinski definition) is 4. The molecule has 0 aromatic carbocycles. The fourth-order valence-electron chi connectivity index (χ4n) is 2.00. The molecule has 7 heteroatoms. The summed E-state index contributed by atoms with van der Waals surface area (Å²) in [6, 6.07) is 3.52. The van der Waals surface area contributed by atoms with Crippen molar-refractivity contribution in [2.45, 2.75) is 37.3 Å². The fraction of sp³-hybridized carbons (Fsp3) is 0.583. The summed E-state index contributed by atoms with van der Waals surface area (Å²) in [6.07, 6.45) is 4.90. The molecule has 1 atom stereocenters. The van der Waals surface area contributed by atoms with Crippen molar-refractivity contribution in [2.24, 2.45) is 0 Å². The quantitative estimate of drug-likeness (QED) is 0.878. The minimum Gasteiger partial charge on any atom is -0.313 e. The van der Waals surface area contributed by atoms with Crippen LogP contribution in [0, 0.1) is 6.92 Å². The van der Waals surface area contributed by atoms with Crippen molar-refractivity contribution in [2.75, 3.05) is 13.1 Å². The van der Waals surface area contributed by atoms with Crippen LogP contribution in [0.3, 0.4) is 0 Å². The lowest BCUT2D eigenvalue weighted by Crippen LogP contribution is -2.43. The zero-order chi connectivity index (χ0) is 13.0. The van der Waals surface area contributed by atoms with Gasteiger partial charge in [-0.25, -0.2) is 18.1 Å². The summed E-state index contributed by atoms with van der Waals surface area (Å²) in [5.74, 6) is 0. The molecule has 1 unspecified atom stereocenters. The second kappa shape index (κ2) is 7.19. The molecule has 2 rings (SSSR count). The standard InChI is InChI=1S/C12H19N3O2S.ClH/c1-10-5-6-12(14-8-10)18(16,17)15-9-11-4-2-3-7-13-11;/h5-6,8,11,13,15H,2-4,7,9H2,1H3;1H. The lowest BCUT2D eigenvalue weighted by Gasteiger charge is -2.23. The first-order valence-corrected chi connectivity index (χ1v) is 7.72. The van der Waals surface area contributed by atoms with Crippen LogP contribution in [0.2, 0.25) is 0 Å². The van der Waals surface area contributed by atoms with Gasteiger partial charge in [0, 0.05) is 18.8 Å². The Balaban J connectivity index is 0.00000180. The van der Waals surface area contributed by atoms with Crippen LogP contribution in [0.1, 0.15) is 24.8 Å². The number of nitrogens with zero attached hydrogens (tertiary/aromatic N) is 1. The van der Waals surface area contributed by atoms with Crippen LogP contribution in [0.25, 0.3) is 0 Å². The first kappa shape index (κ1) is 16.4. The summed E-state index contributed by atoms with van der Waals surface area (Å²) < 4.78 is 26.6. The van der Waals surface area contributed by atoms with Crippen LogP contribution >= 0.6 is 12.4 Å². The molecule has 0 radical (unpaired) electrons. The molecule has 108 valence electrons. The molecule has 19 heavy (non-hydrogen) atoms. The number of nitrogens with one attached hydrogen (secondary N) is 2. The van der Waals surface area contributed by atoms with E-state index < -0.39 is 10.0 Å². The first-order chi connectivity index (χ1) is 8.58. The number of aryl methyl sites for hydroxylation is 1. The van der Waals surface area contributed by atoms with E-state index in [1.165, 1.54) is 12.5 Å². The van der Waals surface area contributed by atoms with Gasteiger partial charge in [-0.2, -0.15) is 0 Å². The molecular formula is C12H20ClN3O2S. The van der Waals surface area contributed by atoms with Gasteiger partial charge in [-0.1, -0.05) is 12.5 Å². The average molecular weight is 306 g/mol. The molecule has 5 nitrogen and oxygen atoms in total. The lowest BCUT2D eigenvalue weighted by molar-refractivity contribution is 0.398. The van der Waals surface area contributed by atoms with Crippen molar-refractivity contribution >= 4 is 22.4 Å². The Bertz CT molecular complexity index is 484. The maximum absolute atomic E-state index is 12.0. The van der Waals surface area contributed by atoms with E-state index in [0.717, 1.165) is 24.9 Å². The number of sulfonamides is 1. The van der Waals surface area contributed by atoms with Crippen LogP contribution in [0.4, 0.5) is 0 Å². The van der Waals surface area contributed by atoms with E-state index in [1.807, 2.05) is 6.92 Å². The van der Waals surface area contributed by atoms with Crippen molar-refractivity contribution in [3.8, 4) is 0 Å². The highest BCUT2D eigenvalue weighted by Crippen LogP contribution is 2.09. The molecule has 1 saturated heterocycles. The number of rotatable bonds is 4. The molecule has 1 aromatic rings. The zero-order valence-corrected chi connectivity index (χ0v) is 12.6. The monoisotopic (exact) mass is 305 g/mol. The Morgan fingerprint density at radius 1 is 1.42 bits per heavy atom. The molecular weight excluding hydrogens is 286 g/mol. The van der Waals surface area contributed by atoms with Crippen molar-refractivity contribution in [1.82, 2.24) is 15.0 Å². The van der Waals surface area contributed by atoms with Gasteiger partial charge in [0.15, 0.2) is 5.03 Å². The maximum atomic E-state index is 12.0. The maximum Gasteiger partial charge on any atom is 0.258 e. The van der Waals surface area contributed by atoms with E-state index in [9.17, 15) is 8.42 Å². The fourth-order valence-corrected chi connectivity index (χ4v) is 3.00. The summed E-state index contributed by atoms with van der Waals surface area (Å²) >= 11 is 0. The van der Waals surface area contributed by atoms with Crippen LogP contribution in [-0.2, 0) is 10.0 Å². The number of hydrogen-bond donors (Lipinski definition) is 2. The summed E-state index contributed by atoms with van der Waals surface area (Å²) in [5, 5.41) is 3.39. The van der Waals surface area contributed by atoms with Crippen LogP contribution in [0.5, 0.6) is 0 Å². The Kier molecular flexibility index (Phi) is 6.19. The first-order valence-electron chi connectivity index (χ1n) is 6.24. The third kappa shape index (κ3) is 4.72. The van der Waals surface area contributed by atoms with Gasteiger partial charge in [-0.15, -0.1) is 12.4 Å². The topological polar surface area (TPSA) is 71.1 Å². The minimum atomic E-state index is -3.48. The molecule has 0 spiro atoms. The highest BCUT2D eigenvalue weighted by molar-refractivity contribution is 7.89. The SMILES string of the molecule is Cc1ccc(S(=O)(=O)NCC2CCCCN2)nc1.Cl. The van der Waals surface area contributed by atoms with Gasteiger partial charge in [-0.3, -0.25) is 0 Å². The third-order valence-corrected chi connectivity index (χ3v) is 4.43. The Morgan fingerprint density at radius 2 is 2.21 bits per heavy atom. The number of aromatic nitrogens is 1. The Labute approximate surface area is 120 Å². The lowest BCUT2D eigenvalue weighted by atomic mass is 10.1. The van der Waals surface area contributed by atoms with E-state index >= 15 is 0 Å². The largest absolute Gasteiger partial charge is 0.313 e. The smallest absolute Gasteiger partial charge is 0.258 e. The summed E-state index contributed by atoms with van der Waals surface area (Å²) in [6.45, 7) is 3.27. The van der Waals surface area contributed by atoms with Gasteiger partial charge in [0.2, 0.25) is 0 Å². The van der Waals surface area contributed by atoms with E-state index in [1.54, 1.807) is 12.3 Å². The number of piperidine rings is 1. The summed E-state index contributed by atoms with van der Waals surface area (Å²) in [5.41, 5.74) is 0.947. The van der Waals surface area contributed by atoms with E-state index in [4.69, 9.17) is 0 Å². The molecule has 2 heterocycles. The van der Waals surface area contributed by atoms with Gasteiger partial charge in [0.1, 0.15) is 0 Å². The minimum absolute atomic E-state index is 0. The molecule has 1 aliphatic rings. The molecule has 0 amide bonds. The second-order valence-corrected chi connectivity index (χ2v) is 6.39. The van der Waals surface area contributed by atoms with Gasteiger partial charge in [0.05, 0.1) is 0 Å². The van der Waals surface area contributed by atoms with E-state index in [2.05, 4.69) is 15.0 Å². The molecule has 0 bridgehead atoms. The highest BCUT2D eigenvalue weighted by Gasteiger charge is 2.19. The Hall–Kier alpha value is -0.690. The van der Waals surface area contributed by atoms with Gasteiger partial charge in [-0.05, 0) is 37.9 Å². The third-order valence-electron chi connectivity index (χ3n) is 3.09. The van der Waals surface area contributed by atoms with Crippen LogP contribution < -0.4 is 10.0 Å². The van der Waals surface area contributed by atoms with Gasteiger partial charge in [0.25, 0.3) is 10.0 Å². The van der Waals surface area contributed by atoms with Crippen molar-refractivity contribution in [3.63, 3.8) is 0 Å². The molecule has 1 aromatic heterocycles. The number of halogens is 1. The van der Waals surface area contributed by atoms with E-state index in [0.29, 0.717) is 6.54 Å². The Morgan fingerprint density at radius 3 is 2.79 bits per heavy atom. The number of pyridine rings is 1. The van der Waals surface area contributed by atoms with Crippen LogP contribution in [0.15, 0.2) is 23.4 Å². The second-order valence-electron chi connectivity index (χ2n) is 4.67. The molecule has 0 saturated carbocycles. The van der Waals surface area contributed by atoms with Crippen molar-refractivity contribution in [3.05, 3.63) is 23.9 Å². The molecule has 0 aliphatic carbocycles. The van der Waals surface area contributed by atoms with Gasteiger partial charge < -0.3 is 5.32 Å². The summed E-state index contributed by atoms with van der Waals surface area (Å²) in [7, 11) is -3.48. The predicted molar refractivity (Wildman–Crippen MR) is 77.1 cm³/mol. The summed E-state index contributed by atoms with van der Waals surface area (Å²) in [4.78, 5) is 3.94. The average Bonchev–Trinajstić information content (AvgIpc) is 2.38. The molecule has 1 aliphatic heterocycles. The van der Waals surface area contributed by atoms with Crippen molar-refractivity contribution in [1.29, 1.82) is 0 Å². The van der Waals surface area contributed by atoms with Gasteiger partial charge >= 0.3 is 0 Å². The van der Waals surface area contributed by atoms with Crippen LogP contribution in [-0.4, -0.2) is 32.5 Å². The molecule has 1 fully saturated rings. The predicted octanol–water partition coefficient (Wildman–Crippen LogP) is 1.23. The normalized spacial score (nSPS) is 19.7.